The van der Waals surface area contributed by atoms with Crippen LogP contribution in [-0.2, 0) is 12.8 Å². The normalized spacial score (nSPS) is 17.7. The molecule has 0 heterocycles. The molecular formula is C21H34OSi. The average Bonchev–Trinajstić information content (AvgIpc) is 2.66. The Hall–Kier alpha value is -0.893. The highest BCUT2D eigenvalue weighted by atomic mass is 28.3. The molecule has 23 heavy (non-hydrogen) atoms. The van der Waals surface area contributed by atoms with E-state index >= 15 is 0 Å². The highest BCUT2D eigenvalue weighted by Crippen LogP contribution is 2.36. The number of aryl methyl sites for hydroxylation is 2. The van der Waals surface area contributed by atoms with Crippen molar-refractivity contribution < 1.29 is 4.79 Å². The Labute approximate surface area is 143 Å². The van der Waals surface area contributed by atoms with Crippen molar-refractivity contribution in [1.29, 1.82) is 0 Å². The summed E-state index contributed by atoms with van der Waals surface area (Å²) < 4.78 is 0. The van der Waals surface area contributed by atoms with Gasteiger partial charge >= 0.3 is 0 Å². The number of ketones is 1. The molecule has 0 bridgehead atoms. The number of hydrogen-bond donors (Lipinski definition) is 0. The van der Waals surface area contributed by atoms with Gasteiger partial charge in [-0.05, 0) is 36.8 Å². The lowest BCUT2D eigenvalue weighted by Crippen LogP contribution is -2.32. The van der Waals surface area contributed by atoms with Crippen LogP contribution < -0.4 is 0 Å². The number of rotatable bonds is 6. The molecule has 1 aromatic carbocycles. The summed E-state index contributed by atoms with van der Waals surface area (Å²) >= 11 is 0. The molecule has 1 aromatic rings. The monoisotopic (exact) mass is 330 g/mol. The van der Waals surface area contributed by atoms with E-state index in [0.717, 1.165) is 31.2 Å². The molecule has 1 nitrogen and oxygen atoms in total. The van der Waals surface area contributed by atoms with Crippen LogP contribution in [0.4, 0.5) is 0 Å². The molecule has 0 saturated heterocycles. The molecule has 2 rings (SSSR count). The maximum absolute atomic E-state index is 13.1. The van der Waals surface area contributed by atoms with E-state index in [1.54, 1.807) is 0 Å². The summed E-state index contributed by atoms with van der Waals surface area (Å²) in [5, 5.41) is 0. The summed E-state index contributed by atoms with van der Waals surface area (Å²) in [7, 11) is -1.13. The Morgan fingerprint density at radius 2 is 1.74 bits per heavy atom. The third-order valence-electron chi connectivity index (χ3n) is 6.50. The molecule has 0 unspecified atom stereocenters. The molecule has 0 spiro atoms. The molecule has 1 aliphatic carbocycles. The number of carbonyl (C=O) groups excluding carboxylic acids is 1. The van der Waals surface area contributed by atoms with Gasteiger partial charge in [-0.15, -0.1) is 0 Å². The lowest BCUT2D eigenvalue weighted by molar-refractivity contribution is 0.0829. The van der Waals surface area contributed by atoms with E-state index in [4.69, 9.17) is 0 Å². The summed E-state index contributed by atoms with van der Waals surface area (Å²) in [6, 6.07) is 12.0. The van der Waals surface area contributed by atoms with Gasteiger partial charge < -0.3 is 0 Å². The van der Waals surface area contributed by atoms with Crippen molar-refractivity contribution in [3.63, 3.8) is 0 Å². The van der Waals surface area contributed by atoms with Crippen LogP contribution in [0.5, 0.6) is 0 Å². The van der Waals surface area contributed by atoms with E-state index in [1.807, 2.05) is 0 Å². The molecule has 0 aromatic heterocycles. The summed E-state index contributed by atoms with van der Waals surface area (Å²) in [6.07, 6.45) is 4.31. The Bertz CT molecular complexity index is 547. The minimum atomic E-state index is -1.13. The molecule has 0 atom stereocenters. The van der Waals surface area contributed by atoms with Crippen molar-refractivity contribution in [3.8, 4) is 0 Å². The van der Waals surface area contributed by atoms with Crippen molar-refractivity contribution in [2.75, 3.05) is 0 Å². The second-order valence-corrected chi connectivity index (χ2v) is 13.7. The standard InChI is InChI=1S/C21H34OSi/c1-6-23(7-2,8-3)16-14-18-12-9-11-17-13-10-15-21(4,5)20(22)19(17)18/h9,11-12H,6-8,10,13-16H2,1-5H3. The Morgan fingerprint density at radius 3 is 2.35 bits per heavy atom. The van der Waals surface area contributed by atoms with E-state index in [2.05, 4.69) is 52.8 Å². The molecule has 1 aliphatic rings. The van der Waals surface area contributed by atoms with E-state index < -0.39 is 8.07 Å². The van der Waals surface area contributed by atoms with Crippen molar-refractivity contribution in [1.82, 2.24) is 0 Å². The van der Waals surface area contributed by atoms with Gasteiger partial charge in [0, 0.05) is 11.0 Å². The Kier molecular flexibility index (Phi) is 5.88. The van der Waals surface area contributed by atoms with Crippen LogP contribution in [-0.4, -0.2) is 13.9 Å². The predicted molar refractivity (Wildman–Crippen MR) is 103 cm³/mol. The van der Waals surface area contributed by atoms with E-state index in [-0.39, 0.29) is 5.41 Å². The van der Waals surface area contributed by atoms with Gasteiger partial charge in [-0.3, -0.25) is 4.79 Å². The van der Waals surface area contributed by atoms with Crippen molar-refractivity contribution in [2.45, 2.75) is 84.5 Å². The van der Waals surface area contributed by atoms with Gasteiger partial charge in [-0.25, -0.2) is 0 Å². The number of Topliss-reactive ketones (excluding diaryl/α,β-unsaturated/α-hetero) is 1. The van der Waals surface area contributed by atoms with Crippen LogP contribution in [0.2, 0.25) is 24.2 Å². The van der Waals surface area contributed by atoms with Crippen LogP contribution in [0, 0.1) is 5.41 Å². The van der Waals surface area contributed by atoms with Crippen molar-refractivity contribution >= 4 is 13.9 Å². The lowest BCUT2D eigenvalue weighted by Gasteiger charge is -2.29. The van der Waals surface area contributed by atoms with Gasteiger partial charge in [0.15, 0.2) is 5.78 Å². The van der Waals surface area contributed by atoms with E-state index in [0.29, 0.717) is 5.78 Å². The minimum absolute atomic E-state index is 0.198. The number of benzene rings is 1. The first kappa shape index (κ1) is 18.4. The van der Waals surface area contributed by atoms with Crippen molar-refractivity contribution in [3.05, 3.63) is 34.9 Å². The van der Waals surface area contributed by atoms with Crippen LogP contribution in [0.25, 0.3) is 0 Å². The quantitative estimate of drug-likeness (QED) is 0.443. The SMILES string of the molecule is CC[Si](CC)(CC)CCc1cccc2c1C(=O)C(C)(C)CCC2. The molecule has 0 saturated carbocycles. The van der Waals surface area contributed by atoms with Gasteiger partial charge in [0.05, 0.1) is 8.07 Å². The lowest BCUT2D eigenvalue weighted by atomic mass is 9.80. The number of hydrogen-bond acceptors (Lipinski definition) is 1. The molecule has 0 aliphatic heterocycles. The smallest absolute Gasteiger partial charge is 0.168 e. The molecule has 128 valence electrons. The molecule has 0 N–H and O–H groups in total. The minimum Gasteiger partial charge on any atom is -0.294 e. The zero-order chi connectivity index (χ0) is 17.1. The summed E-state index contributed by atoms with van der Waals surface area (Å²) in [4.78, 5) is 13.1. The second-order valence-electron chi connectivity index (χ2n) is 8.08. The first-order chi connectivity index (χ1) is 10.9. The topological polar surface area (TPSA) is 17.1 Å². The van der Waals surface area contributed by atoms with Crippen LogP contribution in [0.15, 0.2) is 18.2 Å². The fourth-order valence-electron chi connectivity index (χ4n) is 4.21. The Balaban J connectivity index is 2.33. The zero-order valence-electron chi connectivity index (χ0n) is 15.8. The highest BCUT2D eigenvalue weighted by molar-refractivity contribution is 6.79. The average molecular weight is 331 g/mol. The van der Waals surface area contributed by atoms with E-state index in [9.17, 15) is 4.79 Å². The third kappa shape index (κ3) is 3.79. The van der Waals surface area contributed by atoms with Crippen LogP contribution in [0.3, 0.4) is 0 Å². The fraction of sp³-hybridized carbons (Fsp3) is 0.667. The molecular weight excluding hydrogens is 296 g/mol. The van der Waals surface area contributed by atoms with Gasteiger partial charge in [0.25, 0.3) is 0 Å². The molecule has 2 heteroatoms. The van der Waals surface area contributed by atoms with Gasteiger partial charge in [0.2, 0.25) is 0 Å². The molecule has 0 radical (unpaired) electrons. The first-order valence-corrected chi connectivity index (χ1v) is 12.4. The van der Waals surface area contributed by atoms with E-state index in [1.165, 1.54) is 35.3 Å². The maximum Gasteiger partial charge on any atom is 0.168 e. The van der Waals surface area contributed by atoms with Gasteiger partial charge in [-0.2, -0.15) is 0 Å². The number of fused-ring (bicyclic) bond motifs is 1. The van der Waals surface area contributed by atoms with Crippen molar-refractivity contribution in [2.24, 2.45) is 5.41 Å². The maximum atomic E-state index is 13.1. The van der Waals surface area contributed by atoms with Crippen LogP contribution in [0.1, 0.15) is 68.9 Å². The molecule has 0 amide bonds. The predicted octanol–water partition coefficient (Wildman–Crippen LogP) is 6.28. The van der Waals surface area contributed by atoms with Gasteiger partial charge in [0.1, 0.15) is 0 Å². The van der Waals surface area contributed by atoms with Gasteiger partial charge in [-0.1, -0.05) is 77.0 Å². The molecule has 0 fully saturated rings. The number of carbonyl (C=O) groups is 1. The Morgan fingerprint density at radius 1 is 1.09 bits per heavy atom. The van der Waals surface area contributed by atoms with Crippen LogP contribution >= 0.6 is 0 Å². The summed E-state index contributed by atoms with van der Waals surface area (Å²) in [5.74, 6) is 0.386. The largest absolute Gasteiger partial charge is 0.294 e. The summed E-state index contributed by atoms with van der Waals surface area (Å²) in [5.41, 5.74) is 3.52. The third-order valence-corrected chi connectivity index (χ3v) is 12.3. The second kappa shape index (κ2) is 7.34. The fourth-order valence-corrected chi connectivity index (χ4v) is 7.57. The first-order valence-electron chi connectivity index (χ1n) is 9.54. The highest BCUT2D eigenvalue weighted by Gasteiger charge is 2.34. The summed E-state index contributed by atoms with van der Waals surface area (Å²) in [6.45, 7) is 11.4. The zero-order valence-corrected chi connectivity index (χ0v) is 16.8.